The summed E-state index contributed by atoms with van der Waals surface area (Å²) in [7, 11) is 4.23. The van der Waals surface area contributed by atoms with Crippen LogP contribution >= 0.6 is 11.8 Å². The van der Waals surface area contributed by atoms with Gasteiger partial charge in [0, 0.05) is 48.4 Å². The van der Waals surface area contributed by atoms with E-state index >= 15 is 0 Å². The molecule has 4 nitrogen and oxygen atoms in total. The van der Waals surface area contributed by atoms with Gasteiger partial charge in [-0.2, -0.15) is 0 Å². The molecular weight excluding hydrogens is 378 g/mol. The molecule has 5 heteroatoms. The van der Waals surface area contributed by atoms with Crippen molar-refractivity contribution in [1.82, 2.24) is 0 Å². The Morgan fingerprint density at radius 3 is 2.14 bits per heavy atom. The highest BCUT2D eigenvalue weighted by atomic mass is 32.2. The van der Waals surface area contributed by atoms with Crippen molar-refractivity contribution in [3.05, 3.63) is 35.4 Å². The van der Waals surface area contributed by atoms with E-state index in [1.54, 1.807) is 0 Å². The van der Waals surface area contributed by atoms with Crippen LogP contribution in [-0.2, 0) is 17.6 Å². The Morgan fingerprint density at radius 2 is 1.55 bits per heavy atom. The summed E-state index contributed by atoms with van der Waals surface area (Å²) in [4.78, 5) is 7.34. The van der Waals surface area contributed by atoms with Crippen LogP contribution in [-0.4, -0.2) is 39.4 Å². The third kappa shape index (κ3) is 3.95. The highest BCUT2D eigenvalue weighted by molar-refractivity contribution is 7.99. The van der Waals surface area contributed by atoms with Gasteiger partial charge in [0.1, 0.15) is 0 Å². The van der Waals surface area contributed by atoms with E-state index in [1.165, 1.54) is 43.7 Å². The number of anilines is 4. The first-order valence-electron chi connectivity index (χ1n) is 10.8. The van der Waals surface area contributed by atoms with Gasteiger partial charge in [-0.15, -0.1) is 0 Å². The Bertz CT molecular complexity index is 901. The lowest BCUT2D eigenvalue weighted by Crippen LogP contribution is -2.45. The van der Waals surface area contributed by atoms with E-state index in [1.807, 2.05) is 11.8 Å². The molecule has 2 aliphatic heterocycles. The first-order valence-corrected chi connectivity index (χ1v) is 11.6. The molecule has 0 radical (unpaired) electrons. The molecule has 2 aromatic carbocycles. The van der Waals surface area contributed by atoms with Gasteiger partial charge < -0.3 is 19.9 Å². The summed E-state index contributed by atoms with van der Waals surface area (Å²) in [5.74, 6) is 0. The number of nitrogens with one attached hydrogen (secondary N) is 1. The van der Waals surface area contributed by atoms with Crippen molar-refractivity contribution in [2.45, 2.75) is 62.5 Å². The molecule has 1 N–H and O–H groups in total. The molecule has 2 aromatic rings. The van der Waals surface area contributed by atoms with Crippen molar-refractivity contribution in [2.24, 2.45) is 0 Å². The SMILES string of the molecule is CCc1cc(N(C)C)cc2c1Nc1c(CC)cc(N3CC(C)OC(C)C3)cc1S2. The molecule has 4 rings (SSSR count). The van der Waals surface area contributed by atoms with Crippen molar-refractivity contribution in [1.29, 1.82) is 0 Å². The number of hydrogen-bond donors (Lipinski definition) is 1. The summed E-state index contributed by atoms with van der Waals surface area (Å²) >= 11 is 1.91. The zero-order chi connectivity index (χ0) is 20.7. The minimum Gasteiger partial charge on any atom is -0.378 e. The van der Waals surface area contributed by atoms with Crippen LogP contribution in [0.25, 0.3) is 0 Å². The van der Waals surface area contributed by atoms with Gasteiger partial charge >= 0.3 is 0 Å². The maximum absolute atomic E-state index is 5.95. The van der Waals surface area contributed by atoms with E-state index in [9.17, 15) is 0 Å². The van der Waals surface area contributed by atoms with E-state index in [0.29, 0.717) is 0 Å². The van der Waals surface area contributed by atoms with Crippen LogP contribution in [0.1, 0.15) is 38.8 Å². The van der Waals surface area contributed by atoms with Crippen molar-refractivity contribution in [3.63, 3.8) is 0 Å². The molecule has 0 saturated carbocycles. The molecule has 0 bridgehead atoms. The standard InChI is InChI=1S/C24H33N3OS/c1-7-17-9-19(26(5)6)11-21-23(17)25-24-18(8-2)10-20(12-22(24)29-21)27-13-15(3)28-16(4)14-27/h9-12,15-16,25H,7-8,13-14H2,1-6H3. The predicted octanol–water partition coefficient (Wildman–Crippen LogP) is 5.70. The summed E-state index contributed by atoms with van der Waals surface area (Å²) in [5.41, 5.74) is 7.93. The van der Waals surface area contributed by atoms with Crippen LogP contribution < -0.4 is 15.1 Å². The number of rotatable bonds is 4. The van der Waals surface area contributed by atoms with E-state index < -0.39 is 0 Å². The molecule has 2 aliphatic rings. The Kier molecular flexibility index (Phi) is 5.71. The number of ether oxygens (including phenoxy) is 1. The Hall–Kier alpha value is -1.85. The predicted molar refractivity (Wildman–Crippen MR) is 126 cm³/mol. The highest BCUT2D eigenvalue weighted by Gasteiger charge is 2.26. The topological polar surface area (TPSA) is 27.7 Å². The second-order valence-corrected chi connectivity index (χ2v) is 9.53. The first kappa shape index (κ1) is 20.4. The molecule has 1 fully saturated rings. The molecule has 0 amide bonds. The second kappa shape index (κ2) is 8.11. The monoisotopic (exact) mass is 411 g/mol. The Morgan fingerprint density at radius 1 is 0.966 bits per heavy atom. The number of nitrogens with zero attached hydrogens (tertiary/aromatic N) is 2. The fourth-order valence-corrected chi connectivity index (χ4v) is 5.55. The molecule has 2 atom stereocenters. The van der Waals surface area contributed by atoms with Crippen molar-refractivity contribution < 1.29 is 4.74 Å². The maximum Gasteiger partial charge on any atom is 0.0726 e. The minimum absolute atomic E-state index is 0.265. The van der Waals surface area contributed by atoms with Crippen molar-refractivity contribution >= 4 is 34.5 Å². The Balaban J connectivity index is 1.75. The van der Waals surface area contributed by atoms with Gasteiger partial charge in [0.25, 0.3) is 0 Å². The third-order valence-electron chi connectivity index (χ3n) is 5.87. The summed E-state index contributed by atoms with van der Waals surface area (Å²) in [5, 5.41) is 3.81. The third-order valence-corrected chi connectivity index (χ3v) is 6.95. The highest BCUT2D eigenvalue weighted by Crippen LogP contribution is 2.49. The lowest BCUT2D eigenvalue weighted by atomic mass is 10.0. The van der Waals surface area contributed by atoms with Gasteiger partial charge in [-0.05, 0) is 62.1 Å². The number of benzene rings is 2. The van der Waals surface area contributed by atoms with E-state index in [-0.39, 0.29) is 12.2 Å². The van der Waals surface area contributed by atoms with E-state index in [2.05, 4.69) is 81.2 Å². The van der Waals surface area contributed by atoms with Crippen LogP contribution in [0.4, 0.5) is 22.7 Å². The molecule has 2 unspecified atom stereocenters. The van der Waals surface area contributed by atoms with Crippen LogP contribution in [0.3, 0.4) is 0 Å². The average Bonchev–Trinajstić information content (AvgIpc) is 2.69. The van der Waals surface area contributed by atoms with Gasteiger partial charge in [0.2, 0.25) is 0 Å². The lowest BCUT2D eigenvalue weighted by Gasteiger charge is -2.38. The first-order chi connectivity index (χ1) is 13.9. The molecule has 156 valence electrons. The minimum atomic E-state index is 0.265. The van der Waals surface area contributed by atoms with Crippen molar-refractivity contribution in [3.8, 4) is 0 Å². The summed E-state index contributed by atoms with van der Waals surface area (Å²) in [6.45, 7) is 10.7. The molecule has 0 aromatic heterocycles. The molecule has 29 heavy (non-hydrogen) atoms. The zero-order valence-corrected chi connectivity index (χ0v) is 19.3. The van der Waals surface area contributed by atoms with Crippen LogP contribution in [0.2, 0.25) is 0 Å². The molecule has 1 saturated heterocycles. The number of morpholine rings is 1. The van der Waals surface area contributed by atoms with Gasteiger partial charge in [-0.1, -0.05) is 25.6 Å². The van der Waals surface area contributed by atoms with E-state index in [4.69, 9.17) is 4.74 Å². The summed E-state index contributed by atoms with van der Waals surface area (Å²) in [6, 6.07) is 9.37. The second-order valence-electron chi connectivity index (χ2n) is 8.45. The number of aryl methyl sites for hydroxylation is 2. The van der Waals surface area contributed by atoms with Gasteiger partial charge in [-0.25, -0.2) is 0 Å². The fraction of sp³-hybridized carbons (Fsp3) is 0.500. The van der Waals surface area contributed by atoms with Gasteiger partial charge in [0.05, 0.1) is 23.6 Å². The largest absolute Gasteiger partial charge is 0.378 e. The quantitative estimate of drug-likeness (QED) is 0.594. The van der Waals surface area contributed by atoms with Crippen LogP contribution in [0.15, 0.2) is 34.1 Å². The van der Waals surface area contributed by atoms with Crippen LogP contribution in [0.5, 0.6) is 0 Å². The average molecular weight is 412 g/mol. The normalized spacial score (nSPS) is 20.7. The molecule has 2 heterocycles. The van der Waals surface area contributed by atoms with Gasteiger partial charge in [-0.3, -0.25) is 0 Å². The number of fused-ring (bicyclic) bond motifs is 2. The molecule has 0 spiro atoms. The maximum atomic E-state index is 5.95. The summed E-state index contributed by atoms with van der Waals surface area (Å²) < 4.78 is 5.95. The van der Waals surface area contributed by atoms with E-state index in [0.717, 1.165) is 25.9 Å². The fourth-order valence-electron chi connectivity index (χ4n) is 4.39. The van der Waals surface area contributed by atoms with Crippen LogP contribution in [0, 0.1) is 0 Å². The summed E-state index contributed by atoms with van der Waals surface area (Å²) in [6.07, 6.45) is 2.57. The zero-order valence-electron chi connectivity index (χ0n) is 18.5. The molecule has 0 aliphatic carbocycles. The van der Waals surface area contributed by atoms with Gasteiger partial charge in [0.15, 0.2) is 0 Å². The lowest BCUT2D eigenvalue weighted by molar-refractivity contribution is -0.00523. The molecular formula is C24H33N3OS. The Labute approximate surface area is 179 Å². The number of hydrogen-bond acceptors (Lipinski definition) is 5. The van der Waals surface area contributed by atoms with Crippen molar-refractivity contribution in [2.75, 3.05) is 42.3 Å². The smallest absolute Gasteiger partial charge is 0.0726 e.